The van der Waals surface area contributed by atoms with Crippen LogP contribution in [0.25, 0.3) is 0 Å². The van der Waals surface area contributed by atoms with Gasteiger partial charge in [0.05, 0.1) is 6.42 Å². The van der Waals surface area contributed by atoms with Gasteiger partial charge in [0.25, 0.3) is 5.91 Å². The predicted molar refractivity (Wildman–Crippen MR) is 71.7 cm³/mol. The summed E-state index contributed by atoms with van der Waals surface area (Å²) in [6.45, 7) is 3.36. The Morgan fingerprint density at radius 1 is 1.37 bits per heavy atom. The Morgan fingerprint density at radius 3 is 2.68 bits per heavy atom. The fraction of sp³-hybridized carbons (Fsp3) is 0.308. The van der Waals surface area contributed by atoms with Gasteiger partial charge in [0.2, 0.25) is 5.91 Å². The molecule has 0 aliphatic rings. The molecule has 0 radical (unpaired) electrons. The van der Waals surface area contributed by atoms with Crippen molar-refractivity contribution in [2.45, 2.75) is 20.3 Å². The summed E-state index contributed by atoms with van der Waals surface area (Å²) < 4.78 is 5.34. The number of para-hydroxylation sites is 1. The lowest BCUT2D eigenvalue weighted by Gasteiger charge is -2.07. The van der Waals surface area contributed by atoms with E-state index in [0.29, 0.717) is 11.5 Å². The number of carbonyl (C=O) groups is 2. The molecule has 0 heterocycles. The zero-order valence-corrected chi connectivity index (χ0v) is 11.0. The van der Waals surface area contributed by atoms with Crippen LogP contribution in [0.15, 0.2) is 29.4 Å². The Labute approximate surface area is 111 Å². The molecule has 1 aromatic rings. The number of hydrogen-bond donors (Lipinski definition) is 2. The molecular formula is C13H17N3O3. The number of nitrogens with two attached hydrogens (primary N) is 1. The molecular weight excluding hydrogens is 246 g/mol. The SMILES string of the molecule is C/C(CC(N)=O)=N\NC(=O)COc1ccccc1C. The molecule has 1 aromatic carbocycles. The molecule has 0 aliphatic carbocycles. The molecule has 1 rings (SSSR count). The fourth-order valence-corrected chi connectivity index (χ4v) is 1.34. The fourth-order valence-electron chi connectivity index (χ4n) is 1.34. The summed E-state index contributed by atoms with van der Waals surface area (Å²) in [5, 5.41) is 3.74. The Bertz CT molecular complexity index is 498. The summed E-state index contributed by atoms with van der Waals surface area (Å²) in [4.78, 5) is 22.1. The van der Waals surface area contributed by atoms with Crippen molar-refractivity contribution in [1.82, 2.24) is 5.43 Å². The van der Waals surface area contributed by atoms with Crippen molar-refractivity contribution in [3.63, 3.8) is 0 Å². The van der Waals surface area contributed by atoms with Crippen molar-refractivity contribution in [2.24, 2.45) is 10.8 Å². The van der Waals surface area contributed by atoms with Gasteiger partial charge >= 0.3 is 0 Å². The molecule has 102 valence electrons. The van der Waals surface area contributed by atoms with Crippen LogP contribution in [-0.2, 0) is 9.59 Å². The van der Waals surface area contributed by atoms with Crippen molar-refractivity contribution in [2.75, 3.05) is 6.61 Å². The smallest absolute Gasteiger partial charge is 0.277 e. The summed E-state index contributed by atoms with van der Waals surface area (Å²) in [7, 11) is 0. The Balaban J connectivity index is 2.40. The molecule has 6 nitrogen and oxygen atoms in total. The molecule has 0 saturated heterocycles. The van der Waals surface area contributed by atoms with E-state index in [1.54, 1.807) is 13.0 Å². The maximum atomic E-state index is 11.5. The second kappa shape index (κ2) is 7.15. The third kappa shape index (κ3) is 5.67. The minimum atomic E-state index is -0.494. The van der Waals surface area contributed by atoms with Gasteiger partial charge in [0.1, 0.15) is 5.75 Å². The van der Waals surface area contributed by atoms with E-state index in [1.807, 2.05) is 25.1 Å². The maximum absolute atomic E-state index is 11.5. The lowest BCUT2D eigenvalue weighted by molar-refractivity contribution is -0.123. The first kappa shape index (κ1) is 14.7. The van der Waals surface area contributed by atoms with Gasteiger partial charge in [-0.25, -0.2) is 5.43 Å². The standard InChI is InChI=1S/C13H17N3O3/c1-9-5-3-4-6-11(9)19-8-13(18)16-15-10(2)7-12(14)17/h3-6H,7-8H2,1-2H3,(H2,14,17)(H,16,18)/b15-10+. The van der Waals surface area contributed by atoms with Gasteiger partial charge in [-0.3, -0.25) is 9.59 Å². The Hall–Kier alpha value is -2.37. The third-order valence-corrected chi connectivity index (χ3v) is 2.25. The summed E-state index contributed by atoms with van der Waals surface area (Å²) in [6.07, 6.45) is 0.0128. The van der Waals surface area contributed by atoms with Crippen molar-refractivity contribution >= 4 is 17.5 Å². The number of carbonyl (C=O) groups excluding carboxylic acids is 2. The predicted octanol–water partition coefficient (Wildman–Crippen LogP) is 0.741. The number of benzene rings is 1. The summed E-state index contributed by atoms with van der Waals surface area (Å²) in [5.74, 6) is -0.241. The van der Waals surface area contributed by atoms with Gasteiger partial charge in [0, 0.05) is 5.71 Å². The molecule has 0 unspecified atom stereocenters. The van der Waals surface area contributed by atoms with Crippen molar-refractivity contribution in [1.29, 1.82) is 0 Å². The van der Waals surface area contributed by atoms with Crippen LogP contribution in [0.1, 0.15) is 18.9 Å². The van der Waals surface area contributed by atoms with Gasteiger partial charge in [-0.15, -0.1) is 0 Å². The number of nitrogens with one attached hydrogen (secondary N) is 1. The van der Waals surface area contributed by atoms with Gasteiger partial charge < -0.3 is 10.5 Å². The zero-order chi connectivity index (χ0) is 14.3. The second-order valence-electron chi connectivity index (χ2n) is 4.08. The first-order valence-corrected chi connectivity index (χ1v) is 5.77. The number of amides is 2. The molecule has 3 N–H and O–H groups in total. The molecule has 0 atom stereocenters. The van der Waals surface area contributed by atoms with Crippen LogP contribution in [0.2, 0.25) is 0 Å². The van der Waals surface area contributed by atoms with E-state index in [1.165, 1.54) is 0 Å². The van der Waals surface area contributed by atoms with E-state index in [9.17, 15) is 9.59 Å². The normalized spacial score (nSPS) is 10.9. The van der Waals surface area contributed by atoms with Crippen LogP contribution in [0.3, 0.4) is 0 Å². The van der Waals surface area contributed by atoms with Gasteiger partial charge in [0.15, 0.2) is 6.61 Å². The molecule has 0 aromatic heterocycles. The number of rotatable bonds is 6. The quantitative estimate of drug-likeness (QED) is 0.585. The minimum absolute atomic E-state index is 0.0128. The molecule has 0 aliphatic heterocycles. The van der Waals surface area contributed by atoms with Crippen LogP contribution in [0, 0.1) is 6.92 Å². The minimum Gasteiger partial charge on any atom is -0.483 e. The van der Waals surface area contributed by atoms with Crippen LogP contribution in [0.4, 0.5) is 0 Å². The third-order valence-electron chi connectivity index (χ3n) is 2.25. The highest BCUT2D eigenvalue weighted by atomic mass is 16.5. The summed E-state index contributed by atoms with van der Waals surface area (Å²) in [6, 6.07) is 7.39. The number of nitrogens with zero attached hydrogens (tertiary/aromatic N) is 1. The largest absolute Gasteiger partial charge is 0.483 e. The van der Waals surface area contributed by atoms with Crippen molar-refractivity contribution in [3.8, 4) is 5.75 Å². The van der Waals surface area contributed by atoms with E-state index in [2.05, 4.69) is 10.5 Å². The number of hydrogen-bond acceptors (Lipinski definition) is 4. The first-order valence-electron chi connectivity index (χ1n) is 5.77. The molecule has 2 amide bonds. The van der Waals surface area contributed by atoms with E-state index < -0.39 is 11.8 Å². The van der Waals surface area contributed by atoms with Gasteiger partial charge in [-0.2, -0.15) is 5.10 Å². The summed E-state index contributed by atoms with van der Waals surface area (Å²) >= 11 is 0. The van der Waals surface area contributed by atoms with Gasteiger partial charge in [-0.05, 0) is 25.5 Å². The highest BCUT2D eigenvalue weighted by molar-refractivity contribution is 5.99. The average molecular weight is 263 g/mol. The number of hydrazone groups is 1. The van der Waals surface area contributed by atoms with Crippen LogP contribution < -0.4 is 15.9 Å². The van der Waals surface area contributed by atoms with Crippen molar-refractivity contribution in [3.05, 3.63) is 29.8 Å². The Morgan fingerprint density at radius 2 is 2.05 bits per heavy atom. The van der Waals surface area contributed by atoms with E-state index in [-0.39, 0.29) is 13.0 Å². The molecule has 0 fully saturated rings. The lowest BCUT2D eigenvalue weighted by Crippen LogP contribution is -2.26. The van der Waals surface area contributed by atoms with Crippen LogP contribution >= 0.6 is 0 Å². The number of ether oxygens (including phenoxy) is 1. The summed E-state index contributed by atoms with van der Waals surface area (Å²) in [5.41, 5.74) is 8.68. The first-order chi connectivity index (χ1) is 8.99. The van der Waals surface area contributed by atoms with E-state index in [4.69, 9.17) is 10.5 Å². The molecule has 0 saturated carbocycles. The molecule has 0 bridgehead atoms. The van der Waals surface area contributed by atoms with Crippen LogP contribution in [-0.4, -0.2) is 24.1 Å². The molecule has 0 spiro atoms. The number of primary amides is 1. The highest BCUT2D eigenvalue weighted by Gasteiger charge is 2.04. The maximum Gasteiger partial charge on any atom is 0.277 e. The Kier molecular flexibility index (Phi) is 5.53. The lowest BCUT2D eigenvalue weighted by atomic mass is 10.2. The number of aryl methyl sites for hydroxylation is 1. The topological polar surface area (TPSA) is 93.8 Å². The monoisotopic (exact) mass is 263 g/mol. The van der Waals surface area contributed by atoms with Crippen molar-refractivity contribution < 1.29 is 14.3 Å². The zero-order valence-electron chi connectivity index (χ0n) is 11.0. The molecule has 19 heavy (non-hydrogen) atoms. The van der Waals surface area contributed by atoms with Gasteiger partial charge in [-0.1, -0.05) is 18.2 Å². The average Bonchev–Trinajstić information content (AvgIpc) is 2.34. The molecule has 6 heteroatoms. The van der Waals surface area contributed by atoms with Crippen LogP contribution in [0.5, 0.6) is 5.75 Å². The van der Waals surface area contributed by atoms with E-state index >= 15 is 0 Å². The van der Waals surface area contributed by atoms with E-state index in [0.717, 1.165) is 5.56 Å². The highest BCUT2D eigenvalue weighted by Crippen LogP contribution is 2.15. The second-order valence-corrected chi connectivity index (χ2v) is 4.08.